The average Bonchev–Trinajstić information content (AvgIpc) is 3.37. The highest BCUT2D eigenvalue weighted by atomic mass is 16.6. The number of allylic oxidation sites excluding steroid dienone is 4. The molecule has 210 valence electrons. The lowest BCUT2D eigenvalue weighted by Crippen LogP contribution is -2.05. The largest absolute Gasteiger partial charge is 0.393 e. The van der Waals surface area contributed by atoms with Gasteiger partial charge < -0.3 is 9.47 Å². The highest BCUT2D eigenvalue weighted by Crippen LogP contribution is 2.21. The van der Waals surface area contributed by atoms with Gasteiger partial charge in [0.05, 0.1) is 24.7 Å². The van der Waals surface area contributed by atoms with Gasteiger partial charge in [0.15, 0.2) is 0 Å². The van der Waals surface area contributed by atoms with Crippen molar-refractivity contribution in [1.29, 1.82) is 0 Å². The molecule has 0 aromatic heterocycles. The fraction of sp³-hybridized carbons (Fsp3) is 0.742. The second-order valence-corrected chi connectivity index (χ2v) is 10.3. The van der Waals surface area contributed by atoms with Gasteiger partial charge in [0.1, 0.15) is 0 Å². The van der Waals surface area contributed by atoms with Crippen LogP contribution >= 0.6 is 0 Å². The van der Waals surface area contributed by atoms with Gasteiger partial charge in [0.25, 0.3) is 0 Å². The molecular formula is C31H50O6. The summed E-state index contributed by atoms with van der Waals surface area (Å²) in [7, 11) is 0. The minimum Gasteiger partial charge on any atom is -0.393 e. The van der Waals surface area contributed by atoms with Gasteiger partial charge in [-0.1, -0.05) is 109 Å². The summed E-state index contributed by atoms with van der Waals surface area (Å²) in [6, 6.07) is 0. The Morgan fingerprint density at radius 1 is 0.541 bits per heavy atom. The fourth-order valence-electron chi connectivity index (χ4n) is 4.42. The van der Waals surface area contributed by atoms with Gasteiger partial charge in [0, 0.05) is 0 Å². The number of hydrogen-bond acceptors (Lipinski definition) is 6. The zero-order valence-electron chi connectivity index (χ0n) is 23.3. The van der Waals surface area contributed by atoms with Crippen molar-refractivity contribution in [1.82, 2.24) is 0 Å². The predicted molar refractivity (Wildman–Crippen MR) is 147 cm³/mol. The lowest BCUT2D eigenvalue weighted by molar-refractivity contribution is -0.154. The van der Waals surface area contributed by atoms with Crippen molar-refractivity contribution in [2.24, 2.45) is 11.8 Å². The summed E-state index contributed by atoms with van der Waals surface area (Å²) < 4.78 is 9.00. The van der Waals surface area contributed by atoms with Gasteiger partial charge in [-0.3, -0.25) is 19.2 Å². The van der Waals surface area contributed by atoms with E-state index in [4.69, 9.17) is 0 Å². The first kappa shape index (κ1) is 32.8. The summed E-state index contributed by atoms with van der Waals surface area (Å²) in [5.74, 6) is -1.95. The summed E-state index contributed by atoms with van der Waals surface area (Å²) in [6.07, 6.45) is 29.2. The van der Waals surface area contributed by atoms with E-state index in [2.05, 4.69) is 35.5 Å². The third-order valence-corrected chi connectivity index (χ3v) is 6.79. The number of unbranched alkanes of at least 4 members (excludes halogenated alkanes) is 13. The Labute approximate surface area is 224 Å². The fourth-order valence-corrected chi connectivity index (χ4v) is 4.42. The van der Waals surface area contributed by atoms with E-state index >= 15 is 0 Å². The standard InChI is InChI=1S/C16H26O3.C15H24O3/c1-2-3-4-5-6-7-8-9-10-11-12-14-13-15(17)19-16(14)18;1-2-3-4-5-6-7-8-9-10-11-13-12-14(16)18-15(13)17/h10-11,14H,2-9,12-13H2,1H3;9-10,13H,2-8,11-12H2,1H3. The molecule has 2 fully saturated rings. The van der Waals surface area contributed by atoms with Gasteiger partial charge in [-0.05, 0) is 38.5 Å². The predicted octanol–water partition coefficient (Wildman–Crippen LogP) is 7.94. The smallest absolute Gasteiger partial charge is 0.317 e. The molecule has 2 aliphatic rings. The number of hydrogen-bond donors (Lipinski definition) is 0. The number of rotatable bonds is 19. The molecule has 0 spiro atoms. The van der Waals surface area contributed by atoms with E-state index in [-0.39, 0.29) is 48.6 Å². The highest BCUT2D eigenvalue weighted by molar-refractivity contribution is 5.95. The topological polar surface area (TPSA) is 86.7 Å². The third kappa shape index (κ3) is 17.0. The zero-order chi connectivity index (χ0) is 27.1. The van der Waals surface area contributed by atoms with Crippen LogP contribution in [0.4, 0.5) is 0 Å². The Kier molecular flexibility index (Phi) is 19.3. The van der Waals surface area contributed by atoms with Crippen LogP contribution in [0.15, 0.2) is 24.3 Å². The maximum Gasteiger partial charge on any atom is 0.317 e. The molecule has 0 amide bonds. The molecule has 6 heteroatoms. The molecular weight excluding hydrogens is 468 g/mol. The van der Waals surface area contributed by atoms with E-state index < -0.39 is 0 Å². The number of esters is 4. The SMILES string of the molecule is CCCCCCCCC=CCC1CC(=O)OC1=O.CCCCCCCCCC=CCC1CC(=O)OC1=O. The number of ether oxygens (including phenoxy) is 2. The quantitative estimate of drug-likeness (QED) is 0.0746. The van der Waals surface area contributed by atoms with E-state index in [0.29, 0.717) is 12.8 Å². The zero-order valence-corrected chi connectivity index (χ0v) is 23.3. The molecule has 2 aliphatic heterocycles. The van der Waals surface area contributed by atoms with Crippen LogP contribution in [0.2, 0.25) is 0 Å². The lowest BCUT2D eigenvalue weighted by atomic mass is 10.0. The van der Waals surface area contributed by atoms with Crippen molar-refractivity contribution in [3.05, 3.63) is 24.3 Å². The minimum absolute atomic E-state index is 0.238. The monoisotopic (exact) mass is 518 g/mol. The molecule has 2 rings (SSSR count). The van der Waals surface area contributed by atoms with Crippen LogP contribution in [0.1, 0.15) is 136 Å². The highest BCUT2D eigenvalue weighted by Gasteiger charge is 2.32. The molecule has 2 unspecified atom stereocenters. The van der Waals surface area contributed by atoms with Crippen LogP contribution in [0.25, 0.3) is 0 Å². The average molecular weight is 519 g/mol. The summed E-state index contributed by atoms with van der Waals surface area (Å²) in [5, 5.41) is 0. The summed E-state index contributed by atoms with van der Waals surface area (Å²) >= 11 is 0. The van der Waals surface area contributed by atoms with Gasteiger partial charge >= 0.3 is 23.9 Å². The van der Waals surface area contributed by atoms with Crippen molar-refractivity contribution in [3.8, 4) is 0 Å². The molecule has 37 heavy (non-hydrogen) atoms. The van der Waals surface area contributed by atoms with E-state index in [1.54, 1.807) is 0 Å². The van der Waals surface area contributed by atoms with Crippen LogP contribution in [-0.2, 0) is 28.7 Å². The summed E-state index contributed by atoms with van der Waals surface area (Å²) in [4.78, 5) is 44.1. The van der Waals surface area contributed by atoms with E-state index in [1.165, 1.54) is 83.5 Å². The molecule has 6 nitrogen and oxygen atoms in total. The first-order valence-corrected chi connectivity index (χ1v) is 14.8. The maximum absolute atomic E-state index is 11.2. The second-order valence-electron chi connectivity index (χ2n) is 10.3. The lowest BCUT2D eigenvalue weighted by Gasteiger charge is -2.00. The van der Waals surface area contributed by atoms with Crippen LogP contribution in [0, 0.1) is 11.8 Å². The van der Waals surface area contributed by atoms with Crippen LogP contribution in [0.5, 0.6) is 0 Å². The van der Waals surface area contributed by atoms with Crippen LogP contribution < -0.4 is 0 Å². The molecule has 2 atom stereocenters. The van der Waals surface area contributed by atoms with Gasteiger partial charge in [-0.25, -0.2) is 0 Å². The van der Waals surface area contributed by atoms with Crippen LogP contribution in [-0.4, -0.2) is 23.9 Å². The molecule has 0 aromatic carbocycles. The second kappa shape index (κ2) is 21.8. The van der Waals surface area contributed by atoms with Crippen molar-refractivity contribution in [3.63, 3.8) is 0 Å². The molecule has 2 heterocycles. The first-order chi connectivity index (χ1) is 18.0. The van der Waals surface area contributed by atoms with E-state index in [0.717, 1.165) is 12.8 Å². The molecule has 2 saturated heterocycles. The van der Waals surface area contributed by atoms with Gasteiger partial charge in [-0.15, -0.1) is 0 Å². The maximum atomic E-state index is 11.2. The molecule has 0 radical (unpaired) electrons. The molecule has 0 N–H and O–H groups in total. The third-order valence-electron chi connectivity index (χ3n) is 6.79. The van der Waals surface area contributed by atoms with Gasteiger partial charge in [0.2, 0.25) is 0 Å². The Morgan fingerprint density at radius 2 is 0.892 bits per heavy atom. The number of carbonyl (C=O) groups is 4. The summed E-state index contributed by atoms with van der Waals surface area (Å²) in [6.45, 7) is 4.46. The molecule has 0 saturated carbocycles. The number of carbonyl (C=O) groups excluding carboxylic acids is 4. The van der Waals surface area contributed by atoms with Crippen molar-refractivity contribution in [2.45, 2.75) is 136 Å². The van der Waals surface area contributed by atoms with E-state index in [1.807, 2.05) is 12.2 Å². The number of cyclic esters (lactones) is 4. The molecule has 0 aliphatic carbocycles. The Bertz CT molecular complexity index is 723. The normalized spacial score (nSPS) is 19.5. The first-order valence-electron chi connectivity index (χ1n) is 14.8. The van der Waals surface area contributed by atoms with E-state index in [9.17, 15) is 19.2 Å². The Balaban J connectivity index is 0.000000371. The van der Waals surface area contributed by atoms with Crippen molar-refractivity contribution in [2.75, 3.05) is 0 Å². The van der Waals surface area contributed by atoms with Crippen molar-refractivity contribution >= 4 is 23.9 Å². The van der Waals surface area contributed by atoms with Crippen LogP contribution in [0.3, 0.4) is 0 Å². The Hall–Kier alpha value is -2.24. The minimum atomic E-state index is -0.380. The molecule has 0 aromatic rings. The summed E-state index contributed by atoms with van der Waals surface area (Å²) in [5.41, 5.74) is 0. The van der Waals surface area contributed by atoms with Crippen molar-refractivity contribution < 1.29 is 28.7 Å². The Morgan fingerprint density at radius 3 is 1.22 bits per heavy atom. The molecule has 0 bridgehead atoms. The van der Waals surface area contributed by atoms with Gasteiger partial charge in [-0.2, -0.15) is 0 Å².